The van der Waals surface area contributed by atoms with Crippen LogP contribution in [-0.2, 0) is 4.79 Å². The highest BCUT2D eigenvalue weighted by molar-refractivity contribution is 6.35. The molecular formula is C22H31Cl2N3O3. The van der Waals surface area contributed by atoms with Gasteiger partial charge in [-0.05, 0) is 50.3 Å². The highest BCUT2D eigenvalue weighted by Gasteiger charge is 2.24. The van der Waals surface area contributed by atoms with Gasteiger partial charge in [-0.25, -0.2) is 4.79 Å². The second-order valence-electron chi connectivity index (χ2n) is 8.13. The summed E-state index contributed by atoms with van der Waals surface area (Å²) in [7, 11) is 0. The Hall–Kier alpha value is -1.66. The normalized spacial score (nSPS) is 18.1. The number of hydrogen-bond acceptors (Lipinski definition) is 3. The van der Waals surface area contributed by atoms with Crippen molar-refractivity contribution in [3.8, 4) is 5.75 Å². The first kappa shape index (κ1) is 23.0. The zero-order valence-electron chi connectivity index (χ0n) is 17.3. The Morgan fingerprint density at radius 2 is 1.67 bits per heavy atom. The number of nitrogens with zero attached hydrogens (tertiary/aromatic N) is 1. The number of amides is 3. The Labute approximate surface area is 188 Å². The summed E-state index contributed by atoms with van der Waals surface area (Å²) in [5.74, 6) is 0.706. The lowest BCUT2D eigenvalue weighted by molar-refractivity contribution is -0.132. The van der Waals surface area contributed by atoms with Crippen LogP contribution in [0.1, 0.15) is 57.8 Å². The first-order valence-electron chi connectivity index (χ1n) is 10.9. The van der Waals surface area contributed by atoms with E-state index in [0.29, 0.717) is 54.4 Å². The first-order chi connectivity index (χ1) is 14.5. The van der Waals surface area contributed by atoms with E-state index in [1.807, 2.05) is 4.90 Å². The van der Waals surface area contributed by atoms with E-state index in [4.69, 9.17) is 27.9 Å². The smallest absolute Gasteiger partial charge is 0.315 e. The van der Waals surface area contributed by atoms with E-state index in [-0.39, 0.29) is 18.0 Å². The number of rotatable bonds is 7. The summed E-state index contributed by atoms with van der Waals surface area (Å²) in [4.78, 5) is 26.5. The van der Waals surface area contributed by atoms with Gasteiger partial charge < -0.3 is 20.3 Å². The molecule has 1 aromatic carbocycles. The molecule has 1 saturated heterocycles. The van der Waals surface area contributed by atoms with Crippen LogP contribution in [0.2, 0.25) is 10.0 Å². The predicted octanol–water partition coefficient (Wildman–Crippen LogP) is 4.78. The van der Waals surface area contributed by atoms with E-state index < -0.39 is 0 Å². The number of nitrogens with one attached hydrogen (secondary N) is 2. The predicted molar refractivity (Wildman–Crippen MR) is 119 cm³/mol. The van der Waals surface area contributed by atoms with Crippen LogP contribution in [0.25, 0.3) is 0 Å². The number of piperidine rings is 1. The van der Waals surface area contributed by atoms with Crippen LogP contribution in [-0.4, -0.2) is 48.6 Å². The van der Waals surface area contributed by atoms with Crippen LogP contribution in [0.3, 0.4) is 0 Å². The van der Waals surface area contributed by atoms with Gasteiger partial charge in [-0.15, -0.1) is 0 Å². The van der Waals surface area contributed by atoms with Crippen LogP contribution in [0.15, 0.2) is 18.2 Å². The molecule has 1 heterocycles. The van der Waals surface area contributed by atoms with E-state index in [9.17, 15) is 9.59 Å². The number of urea groups is 1. The van der Waals surface area contributed by atoms with Gasteiger partial charge in [0, 0.05) is 36.6 Å². The van der Waals surface area contributed by atoms with E-state index in [2.05, 4.69) is 10.6 Å². The number of likely N-dealkylation sites (tertiary alicyclic amines) is 1. The minimum Gasteiger partial charge on any atom is -0.492 e. The van der Waals surface area contributed by atoms with Crippen molar-refractivity contribution in [3.05, 3.63) is 28.2 Å². The Balaban J connectivity index is 1.29. The number of ether oxygens (including phenoxy) is 1. The van der Waals surface area contributed by atoms with Crippen LogP contribution in [0, 0.1) is 0 Å². The lowest BCUT2D eigenvalue weighted by atomic mass is 9.96. The number of carbonyl (C=O) groups is 2. The van der Waals surface area contributed by atoms with Gasteiger partial charge in [0.15, 0.2) is 0 Å². The van der Waals surface area contributed by atoms with Crippen molar-refractivity contribution in [2.45, 2.75) is 69.9 Å². The molecule has 0 atom stereocenters. The zero-order chi connectivity index (χ0) is 21.3. The summed E-state index contributed by atoms with van der Waals surface area (Å²) in [6, 6.07) is 5.47. The zero-order valence-corrected chi connectivity index (χ0v) is 18.8. The van der Waals surface area contributed by atoms with Gasteiger partial charge >= 0.3 is 6.03 Å². The maximum absolute atomic E-state index is 12.4. The SMILES string of the molecule is O=C(NC1CCCCC1)NC1CCN(C(=O)CCCOc2ccc(Cl)cc2Cl)CC1. The summed E-state index contributed by atoms with van der Waals surface area (Å²) in [6.45, 7) is 1.78. The highest BCUT2D eigenvalue weighted by Crippen LogP contribution is 2.27. The van der Waals surface area contributed by atoms with Crippen molar-refractivity contribution < 1.29 is 14.3 Å². The summed E-state index contributed by atoms with van der Waals surface area (Å²) in [5, 5.41) is 7.20. The first-order valence-corrected chi connectivity index (χ1v) is 11.7. The molecule has 6 nitrogen and oxygen atoms in total. The lowest BCUT2D eigenvalue weighted by Crippen LogP contribution is -2.51. The van der Waals surface area contributed by atoms with Gasteiger partial charge in [0.1, 0.15) is 5.75 Å². The molecule has 0 spiro atoms. The molecule has 0 aromatic heterocycles. The second-order valence-corrected chi connectivity index (χ2v) is 8.98. The van der Waals surface area contributed by atoms with Crippen LogP contribution in [0.4, 0.5) is 4.79 Å². The van der Waals surface area contributed by atoms with Crippen LogP contribution < -0.4 is 15.4 Å². The minimum atomic E-state index is -0.0651. The van der Waals surface area contributed by atoms with Crippen molar-refractivity contribution in [1.29, 1.82) is 0 Å². The molecule has 2 fully saturated rings. The third-order valence-corrected chi connectivity index (χ3v) is 6.34. The number of halogens is 2. The highest BCUT2D eigenvalue weighted by atomic mass is 35.5. The topological polar surface area (TPSA) is 70.7 Å². The average Bonchev–Trinajstić information content (AvgIpc) is 2.73. The summed E-state index contributed by atoms with van der Waals surface area (Å²) in [5.41, 5.74) is 0. The van der Waals surface area contributed by atoms with Gasteiger partial charge in [-0.1, -0.05) is 42.5 Å². The summed E-state index contributed by atoms with van der Waals surface area (Å²) >= 11 is 11.9. The van der Waals surface area contributed by atoms with Crippen molar-refractivity contribution in [3.63, 3.8) is 0 Å². The monoisotopic (exact) mass is 455 g/mol. The molecule has 0 radical (unpaired) electrons. The molecule has 1 aliphatic carbocycles. The third kappa shape index (κ3) is 7.24. The van der Waals surface area contributed by atoms with Crippen molar-refractivity contribution in [2.75, 3.05) is 19.7 Å². The molecule has 0 unspecified atom stereocenters. The maximum Gasteiger partial charge on any atom is 0.315 e. The maximum atomic E-state index is 12.4. The Kier molecular flexibility index (Phi) is 8.94. The minimum absolute atomic E-state index is 0.0651. The van der Waals surface area contributed by atoms with Gasteiger partial charge in [0.2, 0.25) is 5.91 Å². The van der Waals surface area contributed by atoms with E-state index in [0.717, 1.165) is 25.7 Å². The van der Waals surface area contributed by atoms with Gasteiger partial charge in [0.05, 0.1) is 11.6 Å². The molecule has 2 N–H and O–H groups in total. The Morgan fingerprint density at radius 3 is 2.33 bits per heavy atom. The Bertz CT molecular complexity index is 718. The molecule has 3 amide bonds. The molecule has 8 heteroatoms. The quantitative estimate of drug-likeness (QED) is 0.581. The molecule has 1 saturated carbocycles. The second kappa shape index (κ2) is 11.7. The van der Waals surface area contributed by atoms with E-state index in [1.165, 1.54) is 19.3 Å². The van der Waals surface area contributed by atoms with Gasteiger partial charge in [0.25, 0.3) is 0 Å². The molecule has 3 rings (SSSR count). The Morgan fingerprint density at radius 1 is 1.00 bits per heavy atom. The van der Waals surface area contributed by atoms with E-state index >= 15 is 0 Å². The number of hydrogen-bond donors (Lipinski definition) is 2. The van der Waals surface area contributed by atoms with Crippen molar-refractivity contribution in [1.82, 2.24) is 15.5 Å². The van der Waals surface area contributed by atoms with Crippen molar-refractivity contribution >= 4 is 35.1 Å². The third-order valence-electron chi connectivity index (χ3n) is 5.81. The molecule has 2 aliphatic rings. The number of benzene rings is 1. The van der Waals surface area contributed by atoms with Gasteiger partial charge in [-0.2, -0.15) is 0 Å². The summed E-state index contributed by atoms with van der Waals surface area (Å²) in [6.07, 6.45) is 8.47. The average molecular weight is 456 g/mol. The van der Waals surface area contributed by atoms with Crippen molar-refractivity contribution in [2.24, 2.45) is 0 Å². The largest absolute Gasteiger partial charge is 0.492 e. The van der Waals surface area contributed by atoms with Crippen LogP contribution >= 0.6 is 23.2 Å². The standard InChI is InChI=1S/C22H31Cl2N3O3/c23-16-8-9-20(19(24)15-16)30-14-4-7-21(28)27-12-10-18(11-13-27)26-22(29)25-17-5-2-1-3-6-17/h8-9,15,17-18H,1-7,10-14H2,(H2,25,26,29). The van der Waals surface area contributed by atoms with Gasteiger partial charge in [-0.3, -0.25) is 4.79 Å². The molecule has 1 aliphatic heterocycles. The number of carbonyl (C=O) groups excluding carboxylic acids is 2. The fourth-order valence-electron chi connectivity index (χ4n) is 4.09. The molecule has 0 bridgehead atoms. The van der Waals surface area contributed by atoms with E-state index in [1.54, 1.807) is 18.2 Å². The molecule has 166 valence electrons. The molecule has 1 aromatic rings. The lowest BCUT2D eigenvalue weighted by Gasteiger charge is -2.33. The van der Waals surface area contributed by atoms with Crippen LogP contribution in [0.5, 0.6) is 5.75 Å². The molecule has 30 heavy (non-hydrogen) atoms. The fraction of sp³-hybridized carbons (Fsp3) is 0.636. The molecular weight excluding hydrogens is 425 g/mol. The fourth-order valence-corrected chi connectivity index (χ4v) is 4.55. The summed E-state index contributed by atoms with van der Waals surface area (Å²) < 4.78 is 5.64.